The van der Waals surface area contributed by atoms with Gasteiger partial charge in [0.05, 0.1) is 15.7 Å². The van der Waals surface area contributed by atoms with Gasteiger partial charge < -0.3 is 0 Å². The van der Waals surface area contributed by atoms with Gasteiger partial charge in [-0.15, -0.1) is 11.3 Å². The van der Waals surface area contributed by atoms with Crippen LogP contribution < -0.4 is 0 Å². The molecule has 1 aromatic heterocycles. The van der Waals surface area contributed by atoms with Crippen molar-refractivity contribution < 1.29 is 4.79 Å². The summed E-state index contributed by atoms with van der Waals surface area (Å²) in [5, 5.41) is 0. The Bertz CT molecular complexity index is 434. The molecule has 1 aromatic carbocycles. The van der Waals surface area contributed by atoms with Crippen LogP contribution in [-0.2, 0) is 0 Å². The zero-order chi connectivity index (χ0) is 12.6. The number of Topliss-reactive ketones (excluding diaryl/α,β-unsaturated/α-hetero) is 1. The minimum atomic E-state index is 0.102. The minimum Gasteiger partial charge on any atom is -0.295 e. The predicted octanol–water partition coefficient (Wildman–Crippen LogP) is 4.55. The highest BCUT2D eigenvalue weighted by Crippen LogP contribution is 2.18. The van der Waals surface area contributed by atoms with E-state index in [9.17, 15) is 4.79 Å². The van der Waals surface area contributed by atoms with Crippen LogP contribution in [0.1, 0.15) is 45.0 Å². The van der Waals surface area contributed by atoms with Crippen LogP contribution in [0, 0.1) is 0 Å². The molecule has 2 aromatic rings. The Labute approximate surface area is 101 Å². The van der Waals surface area contributed by atoms with Crippen LogP contribution in [-0.4, -0.2) is 10.8 Å². The number of fused-ring (bicyclic) bond motifs is 1. The first-order valence-electron chi connectivity index (χ1n) is 5.61. The molecular weight excluding hydrogens is 218 g/mol. The van der Waals surface area contributed by atoms with Crippen molar-refractivity contribution in [2.45, 2.75) is 34.6 Å². The Morgan fingerprint density at radius 1 is 1.19 bits per heavy atom. The van der Waals surface area contributed by atoms with Crippen molar-refractivity contribution in [3.8, 4) is 0 Å². The Kier molecular flexibility index (Phi) is 7.38. The highest BCUT2D eigenvalue weighted by molar-refractivity contribution is 7.16. The average molecular weight is 237 g/mol. The molecule has 1 heterocycles. The molecule has 0 spiro atoms. The van der Waals surface area contributed by atoms with Gasteiger partial charge >= 0.3 is 0 Å². The first kappa shape index (κ1) is 14.8. The van der Waals surface area contributed by atoms with Crippen molar-refractivity contribution in [2.24, 2.45) is 0 Å². The van der Waals surface area contributed by atoms with E-state index in [0.29, 0.717) is 0 Å². The molecule has 0 saturated heterocycles. The number of nitrogens with zero attached hydrogens (tertiary/aromatic N) is 1. The van der Waals surface area contributed by atoms with Gasteiger partial charge in [-0.1, -0.05) is 27.7 Å². The molecule has 2 nitrogen and oxygen atoms in total. The molecule has 0 amide bonds. The number of aromatic nitrogens is 1. The van der Waals surface area contributed by atoms with E-state index >= 15 is 0 Å². The van der Waals surface area contributed by atoms with Crippen molar-refractivity contribution in [2.75, 3.05) is 0 Å². The lowest BCUT2D eigenvalue weighted by molar-refractivity contribution is 0.101. The maximum absolute atomic E-state index is 11.0. The molecule has 0 aliphatic heterocycles. The lowest BCUT2D eigenvalue weighted by Crippen LogP contribution is -1.89. The van der Waals surface area contributed by atoms with Gasteiger partial charge in [0.2, 0.25) is 0 Å². The number of ketones is 1. The maximum atomic E-state index is 11.0. The van der Waals surface area contributed by atoms with Crippen molar-refractivity contribution in [3.05, 3.63) is 29.3 Å². The van der Waals surface area contributed by atoms with Crippen LogP contribution in [0.15, 0.2) is 23.7 Å². The van der Waals surface area contributed by atoms with Crippen LogP contribution in [0.2, 0.25) is 0 Å². The molecule has 0 N–H and O–H groups in total. The fourth-order valence-corrected chi connectivity index (χ4v) is 1.79. The SMILES string of the molecule is CC.CC.CC(=O)c1ccc2ncsc2c1. The monoisotopic (exact) mass is 237 g/mol. The molecule has 0 bridgehead atoms. The summed E-state index contributed by atoms with van der Waals surface area (Å²) in [7, 11) is 0. The summed E-state index contributed by atoms with van der Waals surface area (Å²) in [5.74, 6) is 0.102. The van der Waals surface area contributed by atoms with E-state index in [1.807, 2.05) is 45.9 Å². The van der Waals surface area contributed by atoms with Crippen molar-refractivity contribution in [1.82, 2.24) is 4.98 Å². The van der Waals surface area contributed by atoms with Gasteiger partial charge in [0.15, 0.2) is 5.78 Å². The number of carbonyl (C=O) groups is 1. The molecule has 0 aliphatic carbocycles. The first-order valence-corrected chi connectivity index (χ1v) is 6.49. The van der Waals surface area contributed by atoms with Gasteiger partial charge in [0.1, 0.15) is 0 Å². The Morgan fingerprint density at radius 3 is 2.38 bits per heavy atom. The smallest absolute Gasteiger partial charge is 0.159 e. The van der Waals surface area contributed by atoms with Gasteiger partial charge in [0, 0.05) is 5.56 Å². The second kappa shape index (κ2) is 7.99. The normalized spacial score (nSPS) is 8.56. The molecular formula is C13H19NOS. The Balaban J connectivity index is 0.000000509. The molecule has 0 unspecified atom stereocenters. The predicted molar refractivity (Wildman–Crippen MR) is 72.3 cm³/mol. The van der Waals surface area contributed by atoms with E-state index in [-0.39, 0.29) is 5.78 Å². The third-order valence-electron chi connectivity index (χ3n) is 1.74. The molecule has 0 radical (unpaired) electrons. The van der Waals surface area contributed by atoms with E-state index < -0.39 is 0 Å². The summed E-state index contributed by atoms with van der Waals surface area (Å²) >= 11 is 1.56. The van der Waals surface area contributed by atoms with Crippen LogP contribution in [0.25, 0.3) is 10.2 Å². The van der Waals surface area contributed by atoms with E-state index in [0.717, 1.165) is 15.8 Å². The minimum absolute atomic E-state index is 0.102. The van der Waals surface area contributed by atoms with E-state index in [1.54, 1.807) is 23.8 Å². The van der Waals surface area contributed by atoms with E-state index in [4.69, 9.17) is 0 Å². The van der Waals surface area contributed by atoms with E-state index in [1.165, 1.54) is 0 Å². The largest absolute Gasteiger partial charge is 0.295 e. The van der Waals surface area contributed by atoms with Crippen LogP contribution in [0.3, 0.4) is 0 Å². The lowest BCUT2D eigenvalue weighted by atomic mass is 10.1. The molecule has 16 heavy (non-hydrogen) atoms. The fourth-order valence-electron chi connectivity index (χ4n) is 1.07. The lowest BCUT2D eigenvalue weighted by Gasteiger charge is -1.93. The van der Waals surface area contributed by atoms with Crippen LogP contribution >= 0.6 is 11.3 Å². The number of benzene rings is 1. The van der Waals surface area contributed by atoms with Crippen LogP contribution in [0.5, 0.6) is 0 Å². The van der Waals surface area contributed by atoms with Gasteiger partial charge in [-0.3, -0.25) is 4.79 Å². The molecule has 0 fully saturated rings. The Hall–Kier alpha value is -1.22. The second-order valence-corrected chi connectivity index (χ2v) is 3.48. The third kappa shape index (κ3) is 3.74. The Morgan fingerprint density at radius 2 is 1.81 bits per heavy atom. The molecule has 0 aliphatic rings. The van der Waals surface area contributed by atoms with Gasteiger partial charge in [0.25, 0.3) is 0 Å². The topological polar surface area (TPSA) is 30.0 Å². The van der Waals surface area contributed by atoms with Crippen LogP contribution in [0.4, 0.5) is 0 Å². The molecule has 0 saturated carbocycles. The third-order valence-corrected chi connectivity index (χ3v) is 2.53. The summed E-state index contributed by atoms with van der Waals surface area (Å²) in [6, 6.07) is 5.57. The fraction of sp³-hybridized carbons (Fsp3) is 0.385. The highest BCUT2D eigenvalue weighted by atomic mass is 32.1. The molecule has 3 heteroatoms. The van der Waals surface area contributed by atoms with E-state index in [2.05, 4.69) is 4.98 Å². The van der Waals surface area contributed by atoms with Crippen molar-refractivity contribution in [3.63, 3.8) is 0 Å². The number of rotatable bonds is 1. The maximum Gasteiger partial charge on any atom is 0.159 e. The number of hydrogen-bond donors (Lipinski definition) is 0. The summed E-state index contributed by atoms with van der Waals surface area (Å²) in [6.07, 6.45) is 0. The second-order valence-electron chi connectivity index (χ2n) is 2.59. The molecule has 0 atom stereocenters. The number of hydrogen-bond acceptors (Lipinski definition) is 3. The van der Waals surface area contributed by atoms with Crippen molar-refractivity contribution in [1.29, 1.82) is 0 Å². The van der Waals surface area contributed by atoms with Crippen molar-refractivity contribution >= 4 is 27.3 Å². The standard InChI is InChI=1S/C9H7NOS.2C2H6/c1-6(11)7-2-3-8-9(4-7)12-5-10-8;2*1-2/h2-5H,1H3;2*1-2H3. The number of carbonyl (C=O) groups excluding carboxylic acids is 1. The zero-order valence-corrected chi connectivity index (χ0v) is 11.4. The molecule has 2 rings (SSSR count). The summed E-state index contributed by atoms with van der Waals surface area (Å²) in [6.45, 7) is 9.57. The summed E-state index contributed by atoms with van der Waals surface area (Å²) in [4.78, 5) is 15.1. The highest BCUT2D eigenvalue weighted by Gasteiger charge is 2.01. The zero-order valence-electron chi connectivity index (χ0n) is 10.6. The summed E-state index contributed by atoms with van der Waals surface area (Å²) < 4.78 is 1.07. The van der Waals surface area contributed by atoms with Gasteiger partial charge in [-0.25, -0.2) is 4.98 Å². The average Bonchev–Trinajstić information content (AvgIpc) is 2.81. The van der Waals surface area contributed by atoms with Gasteiger partial charge in [-0.05, 0) is 25.1 Å². The summed E-state index contributed by atoms with van der Waals surface area (Å²) in [5.41, 5.74) is 3.51. The first-order chi connectivity index (χ1) is 7.77. The quantitative estimate of drug-likeness (QED) is 0.681. The number of thiazole rings is 1. The molecule has 88 valence electrons. The van der Waals surface area contributed by atoms with Gasteiger partial charge in [-0.2, -0.15) is 0 Å².